The van der Waals surface area contributed by atoms with E-state index in [-0.39, 0.29) is 0 Å². The van der Waals surface area contributed by atoms with Crippen LogP contribution in [0.25, 0.3) is 0 Å². The first-order valence-corrected chi connectivity index (χ1v) is 9.44. The van der Waals surface area contributed by atoms with Gasteiger partial charge in [-0.1, -0.05) is 6.07 Å². The van der Waals surface area contributed by atoms with Crippen molar-refractivity contribution >= 4 is 5.95 Å². The summed E-state index contributed by atoms with van der Waals surface area (Å²) in [5, 5.41) is 0. The van der Waals surface area contributed by atoms with E-state index in [1.807, 2.05) is 37.6 Å². The second kappa shape index (κ2) is 7.48. The molecule has 0 unspecified atom stereocenters. The van der Waals surface area contributed by atoms with Gasteiger partial charge in [-0.15, -0.1) is 0 Å². The third kappa shape index (κ3) is 3.98. The van der Waals surface area contributed by atoms with Crippen molar-refractivity contribution in [2.75, 3.05) is 31.1 Å². The number of aromatic nitrogens is 3. The van der Waals surface area contributed by atoms with Crippen LogP contribution in [0.4, 0.5) is 5.95 Å². The second-order valence-corrected chi connectivity index (χ2v) is 7.47. The minimum atomic E-state index is 0.796. The molecule has 0 aliphatic carbocycles. The molecule has 0 amide bonds. The number of piperidine rings is 1. The molecule has 0 saturated carbocycles. The molecule has 2 saturated heterocycles. The summed E-state index contributed by atoms with van der Waals surface area (Å²) < 4.78 is 0. The zero-order chi connectivity index (χ0) is 17.1. The Labute approximate surface area is 150 Å². The molecule has 2 aliphatic heterocycles. The van der Waals surface area contributed by atoms with E-state index in [9.17, 15) is 0 Å². The Hall–Kier alpha value is -2.01. The topological polar surface area (TPSA) is 45.2 Å². The van der Waals surface area contributed by atoms with Crippen LogP contribution >= 0.6 is 0 Å². The summed E-state index contributed by atoms with van der Waals surface area (Å²) in [4.78, 5) is 18.2. The fourth-order valence-corrected chi connectivity index (χ4v) is 4.27. The molecule has 0 spiro atoms. The minimum absolute atomic E-state index is 0.796. The smallest absolute Gasteiger partial charge is 0.225 e. The van der Waals surface area contributed by atoms with Crippen molar-refractivity contribution in [3.8, 4) is 0 Å². The van der Waals surface area contributed by atoms with Crippen molar-refractivity contribution in [2.24, 2.45) is 11.8 Å². The molecule has 0 bridgehead atoms. The molecule has 132 valence electrons. The Morgan fingerprint density at radius 2 is 1.88 bits per heavy atom. The van der Waals surface area contributed by atoms with E-state index in [0.29, 0.717) is 0 Å². The summed E-state index contributed by atoms with van der Waals surface area (Å²) >= 11 is 0. The molecule has 2 aliphatic rings. The Balaban J connectivity index is 1.28. The second-order valence-electron chi connectivity index (χ2n) is 7.47. The van der Waals surface area contributed by atoms with Gasteiger partial charge in [0.15, 0.2) is 0 Å². The first-order valence-electron chi connectivity index (χ1n) is 9.44. The molecular weight excluding hydrogens is 310 g/mol. The van der Waals surface area contributed by atoms with Gasteiger partial charge in [-0.2, -0.15) is 0 Å². The number of pyridine rings is 1. The van der Waals surface area contributed by atoms with E-state index in [4.69, 9.17) is 0 Å². The molecule has 0 radical (unpaired) electrons. The summed E-state index contributed by atoms with van der Waals surface area (Å²) in [6, 6.07) is 6.17. The maximum Gasteiger partial charge on any atom is 0.225 e. The lowest BCUT2D eigenvalue weighted by atomic mass is 9.83. The van der Waals surface area contributed by atoms with Gasteiger partial charge in [0, 0.05) is 43.9 Å². The minimum Gasteiger partial charge on any atom is -0.341 e. The number of rotatable bonds is 4. The standard InChI is InChI=1S/C20H27N5/c1-16-4-9-22-20(23-16)25-12-7-19(15-25)18-5-10-24(11-6-18)14-17-3-2-8-21-13-17/h2-4,8-9,13,18-19H,5-7,10-12,14-15H2,1H3/t19-/m0/s1. The van der Waals surface area contributed by atoms with E-state index in [1.54, 1.807) is 0 Å². The molecule has 2 fully saturated rings. The van der Waals surface area contributed by atoms with Crippen molar-refractivity contribution in [2.45, 2.75) is 32.7 Å². The monoisotopic (exact) mass is 337 g/mol. The van der Waals surface area contributed by atoms with Crippen LogP contribution in [-0.2, 0) is 6.54 Å². The van der Waals surface area contributed by atoms with Crippen molar-refractivity contribution in [3.63, 3.8) is 0 Å². The van der Waals surface area contributed by atoms with Crippen molar-refractivity contribution in [3.05, 3.63) is 48.0 Å². The summed E-state index contributed by atoms with van der Waals surface area (Å²) in [6.45, 7) is 7.71. The highest BCUT2D eigenvalue weighted by molar-refractivity contribution is 5.32. The lowest BCUT2D eigenvalue weighted by molar-refractivity contribution is 0.147. The predicted molar refractivity (Wildman–Crippen MR) is 99.3 cm³/mol. The molecule has 4 rings (SSSR count). The molecular formula is C20H27N5. The van der Waals surface area contributed by atoms with Gasteiger partial charge in [0.25, 0.3) is 0 Å². The number of likely N-dealkylation sites (tertiary alicyclic amines) is 1. The quantitative estimate of drug-likeness (QED) is 0.858. The number of hydrogen-bond donors (Lipinski definition) is 0. The maximum absolute atomic E-state index is 4.59. The Bertz CT molecular complexity index is 681. The molecule has 1 atom stereocenters. The number of aryl methyl sites for hydroxylation is 1. The van der Waals surface area contributed by atoms with Crippen LogP contribution in [0.1, 0.15) is 30.5 Å². The lowest BCUT2D eigenvalue weighted by Crippen LogP contribution is -2.36. The Morgan fingerprint density at radius 3 is 2.64 bits per heavy atom. The predicted octanol–water partition coefficient (Wildman–Crippen LogP) is 2.92. The number of hydrogen-bond acceptors (Lipinski definition) is 5. The van der Waals surface area contributed by atoms with Gasteiger partial charge < -0.3 is 4.90 Å². The average molecular weight is 337 g/mol. The zero-order valence-corrected chi connectivity index (χ0v) is 15.0. The molecule has 2 aromatic rings. The van der Waals surface area contributed by atoms with Gasteiger partial charge in [-0.3, -0.25) is 9.88 Å². The van der Waals surface area contributed by atoms with E-state index in [2.05, 4.69) is 30.8 Å². The molecule has 5 heteroatoms. The maximum atomic E-state index is 4.59. The number of nitrogens with zero attached hydrogens (tertiary/aromatic N) is 5. The van der Waals surface area contributed by atoms with Gasteiger partial charge >= 0.3 is 0 Å². The molecule has 5 nitrogen and oxygen atoms in total. The average Bonchev–Trinajstić information content (AvgIpc) is 3.13. The largest absolute Gasteiger partial charge is 0.341 e. The summed E-state index contributed by atoms with van der Waals surface area (Å²) in [5.74, 6) is 2.56. The lowest BCUT2D eigenvalue weighted by Gasteiger charge is -2.34. The van der Waals surface area contributed by atoms with E-state index < -0.39 is 0 Å². The van der Waals surface area contributed by atoms with Crippen LogP contribution in [0.3, 0.4) is 0 Å². The first kappa shape index (κ1) is 16.5. The van der Waals surface area contributed by atoms with Gasteiger partial charge in [-0.25, -0.2) is 9.97 Å². The zero-order valence-electron chi connectivity index (χ0n) is 15.0. The molecule has 2 aromatic heterocycles. The summed E-state index contributed by atoms with van der Waals surface area (Å²) in [6.07, 6.45) is 9.62. The van der Waals surface area contributed by atoms with E-state index in [0.717, 1.165) is 43.1 Å². The van der Waals surface area contributed by atoms with Crippen LogP contribution in [0.15, 0.2) is 36.8 Å². The summed E-state index contributed by atoms with van der Waals surface area (Å²) in [5.41, 5.74) is 2.38. The SMILES string of the molecule is Cc1ccnc(N2CC[C@H](C3CCN(Cc4cccnc4)CC3)C2)n1. The van der Waals surface area contributed by atoms with Crippen LogP contribution in [0.5, 0.6) is 0 Å². The fourth-order valence-electron chi connectivity index (χ4n) is 4.27. The molecule has 25 heavy (non-hydrogen) atoms. The van der Waals surface area contributed by atoms with E-state index in [1.165, 1.54) is 37.9 Å². The van der Waals surface area contributed by atoms with Crippen LogP contribution in [-0.4, -0.2) is 46.0 Å². The van der Waals surface area contributed by atoms with Gasteiger partial charge in [0.2, 0.25) is 5.95 Å². The third-order valence-electron chi connectivity index (χ3n) is 5.72. The Kier molecular flexibility index (Phi) is 4.92. The fraction of sp³-hybridized carbons (Fsp3) is 0.550. The molecule has 0 N–H and O–H groups in total. The Morgan fingerprint density at radius 1 is 1.04 bits per heavy atom. The van der Waals surface area contributed by atoms with Gasteiger partial charge in [0.05, 0.1) is 0 Å². The summed E-state index contributed by atoms with van der Waals surface area (Å²) in [7, 11) is 0. The van der Waals surface area contributed by atoms with Crippen molar-refractivity contribution in [1.82, 2.24) is 19.9 Å². The van der Waals surface area contributed by atoms with Gasteiger partial charge in [0.1, 0.15) is 0 Å². The highest BCUT2D eigenvalue weighted by Gasteiger charge is 2.32. The molecule has 4 heterocycles. The van der Waals surface area contributed by atoms with Gasteiger partial charge in [-0.05, 0) is 68.8 Å². The highest BCUT2D eigenvalue weighted by Crippen LogP contribution is 2.33. The van der Waals surface area contributed by atoms with Crippen molar-refractivity contribution in [1.29, 1.82) is 0 Å². The van der Waals surface area contributed by atoms with Crippen LogP contribution < -0.4 is 4.90 Å². The van der Waals surface area contributed by atoms with Crippen LogP contribution in [0.2, 0.25) is 0 Å². The highest BCUT2D eigenvalue weighted by atomic mass is 15.3. The van der Waals surface area contributed by atoms with Crippen LogP contribution in [0, 0.1) is 18.8 Å². The van der Waals surface area contributed by atoms with Crippen molar-refractivity contribution < 1.29 is 0 Å². The third-order valence-corrected chi connectivity index (χ3v) is 5.72. The number of anilines is 1. The normalized spacial score (nSPS) is 22.4. The first-order chi connectivity index (χ1) is 12.3. The molecule has 0 aromatic carbocycles. The van der Waals surface area contributed by atoms with E-state index >= 15 is 0 Å².